The normalized spacial score (nSPS) is 18.9. The van der Waals surface area contributed by atoms with Gasteiger partial charge in [-0.25, -0.2) is 9.59 Å². The molecule has 6 nitrogen and oxygen atoms in total. The Bertz CT molecular complexity index is 1000. The van der Waals surface area contributed by atoms with E-state index in [2.05, 4.69) is 0 Å². The van der Waals surface area contributed by atoms with Gasteiger partial charge in [-0.15, -0.1) is 11.8 Å². The van der Waals surface area contributed by atoms with Crippen LogP contribution >= 0.6 is 11.8 Å². The Morgan fingerprint density at radius 1 is 1.03 bits per heavy atom. The number of nitrogens with zero attached hydrogens (tertiary/aromatic N) is 1. The molecule has 0 aliphatic carbocycles. The lowest BCUT2D eigenvalue weighted by Crippen LogP contribution is -2.22. The van der Waals surface area contributed by atoms with Crippen molar-refractivity contribution in [2.45, 2.75) is 32.4 Å². The molecular weight excluding hydrogens is 390 g/mol. The number of aryl methyl sites for hydroxylation is 1. The zero-order valence-electron chi connectivity index (χ0n) is 17.7. The van der Waals surface area contributed by atoms with Gasteiger partial charge in [0.25, 0.3) is 0 Å². The third kappa shape index (κ3) is 3.33. The molecule has 1 aliphatic heterocycles. The van der Waals surface area contributed by atoms with Crippen LogP contribution in [0.4, 0.5) is 5.69 Å². The zero-order chi connectivity index (χ0) is 21.5. The molecule has 1 aromatic heterocycles. The van der Waals surface area contributed by atoms with Gasteiger partial charge in [-0.2, -0.15) is 0 Å². The maximum atomic E-state index is 12.7. The highest BCUT2D eigenvalue weighted by molar-refractivity contribution is 8.04. The lowest BCUT2D eigenvalue weighted by atomic mass is 9.94. The van der Waals surface area contributed by atoms with Gasteiger partial charge in [-0.3, -0.25) is 0 Å². The van der Waals surface area contributed by atoms with Crippen LogP contribution in [0.5, 0.6) is 0 Å². The average Bonchev–Trinajstić information content (AvgIpc) is 3.10. The molecule has 0 fully saturated rings. The summed E-state index contributed by atoms with van der Waals surface area (Å²) in [6.07, 6.45) is 0. The van der Waals surface area contributed by atoms with Crippen molar-refractivity contribution >= 4 is 29.4 Å². The molecule has 154 valence electrons. The molecule has 0 amide bonds. The molecule has 0 saturated carbocycles. The van der Waals surface area contributed by atoms with Crippen LogP contribution in [0.2, 0.25) is 0 Å². The van der Waals surface area contributed by atoms with Crippen molar-refractivity contribution in [1.82, 2.24) is 0 Å². The van der Waals surface area contributed by atoms with Crippen molar-refractivity contribution in [3.05, 3.63) is 63.1 Å². The molecule has 29 heavy (non-hydrogen) atoms. The summed E-state index contributed by atoms with van der Waals surface area (Å²) < 4.78 is 15.3. The van der Waals surface area contributed by atoms with Crippen LogP contribution < -0.4 is 4.90 Å². The zero-order valence-corrected chi connectivity index (χ0v) is 18.5. The third-order valence-corrected chi connectivity index (χ3v) is 6.82. The first-order valence-electron chi connectivity index (χ1n) is 9.17. The van der Waals surface area contributed by atoms with Gasteiger partial charge >= 0.3 is 11.9 Å². The third-order valence-electron chi connectivity index (χ3n) is 5.38. The highest BCUT2D eigenvalue weighted by Gasteiger charge is 2.45. The first-order chi connectivity index (χ1) is 13.7. The van der Waals surface area contributed by atoms with Gasteiger partial charge in [-0.1, -0.05) is 29.8 Å². The maximum absolute atomic E-state index is 12.7. The van der Waals surface area contributed by atoms with Crippen LogP contribution in [-0.4, -0.2) is 33.2 Å². The molecule has 0 saturated heterocycles. The molecule has 1 aromatic carbocycles. The Morgan fingerprint density at radius 2 is 1.62 bits per heavy atom. The van der Waals surface area contributed by atoms with Crippen molar-refractivity contribution < 1.29 is 23.5 Å². The fourth-order valence-corrected chi connectivity index (χ4v) is 4.87. The number of carbonyl (C=O) groups is 2. The molecular formula is C22H25NO5S. The van der Waals surface area contributed by atoms with Gasteiger partial charge in [0.15, 0.2) is 0 Å². The van der Waals surface area contributed by atoms with Crippen LogP contribution in [0.25, 0.3) is 0 Å². The number of anilines is 1. The van der Waals surface area contributed by atoms with E-state index in [1.165, 1.54) is 14.2 Å². The van der Waals surface area contributed by atoms with Crippen LogP contribution in [0.15, 0.2) is 39.3 Å². The van der Waals surface area contributed by atoms with Crippen LogP contribution in [0.1, 0.15) is 58.6 Å². The van der Waals surface area contributed by atoms with E-state index in [1.54, 1.807) is 11.8 Å². The highest BCUT2D eigenvalue weighted by atomic mass is 32.2. The number of methoxy groups -OCH3 is 2. The second-order valence-corrected chi connectivity index (χ2v) is 8.80. The Balaban J connectivity index is 2.41. The van der Waals surface area contributed by atoms with Crippen LogP contribution in [0, 0.1) is 6.92 Å². The SMILES string of the molecule is COC(=O)c1oc2c(c1C(=O)OC)N(C)C(C)=C(C)SC2(C)c1ccc(C)cc1. The van der Waals surface area contributed by atoms with Gasteiger partial charge in [0.1, 0.15) is 21.8 Å². The molecule has 7 heteroatoms. The molecule has 2 heterocycles. The van der Waals surface area contributed by atoms with Crippen molar-refractivity contribution in [3.63, 3.8) is 0 Å². The number of allylic oxidation sites excluding steroid dienone is 2. The summed E-state index contributed by atoms with van der Waals surface area (Å²) in [5, 5.41) is 0. The minimum absolute atomic E-state index is 0.0739. The number of rotatable bonds is 3. The van der Waals surface area contributed by atoms with Crippen molar-refractivity contribution in [3.8, 4) is 0 Å². The van der Waals surface area contributed by atoms with Gasteiger partial charge < -0.3 is 18.8 Å². The molecule has 0 radical (unpaired) electrons. The van der Waals surface area contributed by atoms with E-state index in [0.717, 1.165) is 21.7 Å². The van der Waals surface area contributed by atoms with E-state index in [4.69, 9.17) is 13.9 Å². The second-order valence-electron chi connectivity index (χ2n) is 7.17. The standard InChI is InChI=1S/C22H25NO5S/c1-12-8-10-15(11-9-12)22(4)19-17(23(5)13(2)14(3)29-22)16(20(24)26-6)18(28-19)21(25)27-7/h8-11H,1-7H3. The molecule has 2 aromatic rings. The lowest BCUT2D eigenvalue weighted by Gasteiger charge is -2.28. The molecule has 3 rings (SSSR count). The molecule has 1 unspecified atom stereocenters. The van der Waals surface area contributed by atoms with E-state index in [9.17, 15) is 9.59 Å². The number of hydrogen-bond acceptors (Lipinski definition) is 7. The van der Waals surface area contributed by atoms with Gasteiger partial charge in [0, 0.05) is 17.6 Å². The highest BCUT2D eigenvalue weighted by Crippen LogP contribution is 2.55. The number of carbonyl (C=O) groups excluding carboxylic acids is 2. The number of hydrogen-bond donors (Lipinski definition) is 0. The molecule has 0 bridgehead atoms. The summed E-state index contributed by atoms with van der Waals surface area (Å²) in [6, 6.07) is 8.15. The van der Waals surface area contributed by atoms with Crippen molar-refractivity contribution in [1.29, 1.82) is 0 Å². The summed E-state index contributed by atoms with van der Waals surface area (Å²) in [4.78, 5) is 28.1. The predicted molar refractivity (Wildman–Crippen MR) is 113 cm³/mol. The van der Waals surface area contributed by atoms with E-state index < -0.39 is 16.7 Å². The predicted octanol–water partition coefficient (Wildman–Crippen LogP) is 4.86. The quantitative estimate of drug-likeness (QED) is 0.663. The summed E-state index contributed by atoms with van der Waals surface area (Å²) in [5.41, 5.74) is 3.68. The van der Waals surface area contributed by atoms with Crippen molar-refractivity contribution in [2.75, 3.05) is 26.2 Å². The van der Waals surface area contributed by atoms with Crippen LogP contribution in [-0.2, 0) is 14.2 Å². The van der Waals surface area contributed by atoms with Crippen LogP contribution in [0.3, 0.4) is 0 Å². The van der Waals surface area contributed by atoms with Gasteiger partial charge in [0.05, 0.1) is 14.2 Å². The topological polar surface area (TPSA) is 69.0 Å². The molecule has 0 spiro atoms. The van der Waals surface area contributed by atoms with E-state index in [0.29, 0.717) is 11.4 Å². The first kappa shape index (κ1) is 21.0. The van der Waals surface area contributed by atoms with E-state index >= 15 is 0 Å². The Hall–Kier alpha value is -2.67. The van der Waals surface area contributed by atoms with Gasteiger partial charge in [0.2, 0.25) is 5.76 Å². The van der Waals surface area contributed by atoms with E-state index in [1.807, 2.05) is 63.9 Å². The summed E-state index contributed by atoms with van der Waals surface area (Å²) in [5.74, 6) is -1.01. The van der Waals surface area contributed by atoms with Crippen molar-refractivity contribution in [2.24, 2.45) is 0 Å². The molecule has 1 atom stereocenters. The number of esters is 2. The summed E-state index contributed by atoms with van der Waals surface area (Å²) >= 11 is 1.62. The maximum Gasteiger partial charge on any atom is 0.374 e. The Morgan fingerprint density at radius 3 is 2.17 bits per heavy atom. The number of ether oxygens (including phenoxy) is 2. The summed E-state index contributed by atoms with van der Waals surface area (Å²) in [6.45, 7) is 8.06. The fraction of sp³-hybridized carbons (Fsp3) is 0.364. The number of fused-ring (bicyclic) bond motifs is 1. The van der Waals surface area contributed by atoms with E-state index in [-0.39, 0.29) is 11.3 Å². The second kappa shape index (κ2) is 7.63. The smallest absolute Gasteiger partial charge is 0.374 e. The molecule has 0 N–H and O–H groups in total. The fourth-order valence-electron chi connectivity index (χ4n) is 3.49. The number of furan rings is 1. The number of benzene rings is 1. The Kier molecular flexibility index (Phi) is 5.54. The molecule has 1 aliphatic rings. The number of thioether (sulfide) groups is 1. The lowest BCUT2D eigenvalue weighted by molar-refractivity contribution is 0.0527. The largest absolute Gasteiger partial charge is 0.465 e. The average molecular weight is 416 g/mol. The minimum Gasteiger partial charge on any atom is -0.465 e. The summed E-state index contributed by atoms with van der Waals surface area (Å²) in [7, 11) is 4.38. The minimum atomic E-state index is -0.721. The Labute approximate surface area is 174 Å². The van der Waals surface area contributed by atoms with Gasteiger partial charge in [-0.05, 0) is 33.3 Å². The monoisotopic (exact) mass is 415 g/mol. The first-order valence-corrected chi connectivity index (χ1v) is 9.98.